The van der Waals surface area contributed by atoms with Crippen molar-refractivity contribution in [3.05, 3.63) is 65.5 Å². The fourth-order valence-electron chi connectivity index (χ4n) is 2.35. The van der Waals surface area contributed by atoms with Crippen molar-refractivity contribution in [2.75, 3.05) is 13.2 Å². The molecule has 1 aliphatic heterocycles. The van der Waals surface area contributed by atoms with E-state index in [9.17, 15) is 9.18 Å². The Balaban J connectivity index is 1.80. The van der Waals surface area contributed by atoms with Crippen molar-refractivity contribution in [2.45, 2.75) is 13.8 Å². The van der Waals surface area contributed by atoms with Crippen LogP contribution in [-0.4, -0.2) is 19.0 Å². The predicted octanol–water partition coefficient (Wildman–Crippen LogP) is 4.52. The Kier molecular flexibility index (Phi) is 4.38. The molecular formula is C20H19FO3. The summed E-state index contributed by atoms with van der Waals surface area (Å²) in [6.07, 6.45) is 2.84. The summed E-state index contributed by atoms with van der Waals surface area (Å²) < 4.78 is 25.1. The molecule has 0 aromatic heterocycles. The van der Waals surface area contributed by atoms with Crippen molar-refractivity contribution in [1.29, 1.82) is 0 Å². The first-order chi connectivity index (χ1) is 11.4. The van der Waals surface area contributed by atoms with Gasteiger partial charge in [0.2, 0.25) is 0 Å². The van der Waals surface area contributed by atoms with E-state index in [-0.39, 0.29) is 17.0 Å². The zero-order valence-corrected chi connectivity index (χ0v) is 13.7. The molecule has 0 aliphatic carbocycles. The first-order valence-electron chi connectivity index (χ1n) is 7.81. The molecule has 0 radical (unpaired) electrons. The van der Waals surface area contributed by atoms with E-state index in [0.29, 0.717) is 35.8 Å². The molecule has 0 amide bonds. The van der Waals surface area contributed by atoms with E-state index in [2.05, 4.69) is 13.8 Å². The van der Waals surface area contributed by atoms with Crippen molar-refractivity contribution in [2.24, 2.45) is 5.41 Å². The zero-order valence-electron chi connectivity index (χ0n) is 13.7. The van der Waals surface area contributed by atoms with Crippen LogP contribution in [0.3, 0.4) is 0 Å². The van der Waals surface area contributed by atoms with Gasteiger partial charge in [0, 0.05) is 16.5 Å². The number of carbonyl (C=O) groups is 1. The van der Waals surface area contributed by atoms with E-state index in [4.69, 9.17) is 9.47 Å². The van der Waals surface area contributed by atoms with E-state index in [1.54, 1.807) is 36.4 Å². The minimum Gasteiger partial charge on any atom is -0.489 e. The third-order valence-corrected chi connectivity index (χ3v) is 3.78. The van der Waals surface area contributed by atoms with Crippen LogP contribution in [-0.2, 0) is 0 Å². The number of ketones is 1. The molecule has 0 fully saturated rings. The molecule has 2 aromatic carbocycles. The number of allylic oxidation sites excluding steroid dienone is 1. The van der Waals surface area contributed by atoms with E-state index >= 15 is 0 Å². The summed E-state index contributed by atoms with van der Waals surface area (Å²) in [6, 6.07) is 11.4. The van der Waals surface area contributed by atoms with Crippen LogP contribution >= 0.6 is 0 Å². The average molecular weight is 326 g/mol. The highest BCUT2D eigenvalue weighted by molar-refractivity contribution is 6.07. The van der Waals surface area contributed by atoms with Gasteiger partial charge in [-0.15, -0.1) is 0 Å². The van der Waals surface area contributed by atoms with Gasteiger partial charge in [-0.05, 0) is 36.4 Å². The lowest BCUT2D eigenvalue weighted by Gasteiger charge is -2.19. The molecule has 124 valence electrons. The normalized spacial score (nSPS) is 16.0. The Morgan fingerprint density at radius 2 is 1.79 bits per heavy atom. The van der Waals surface area contributed by atoms with Crippen molar-refractivity contribution < 1.29 is 18.7 Å². The third kappa shape index (κ3) is 3.65. The van der Waals surface area contributed by atoms with Gasteiger partial charge in [0.05, 0.1) is 13.2 Å². The molecule has 3 rings (SSSR count). The number of rotatable bonds is 3. The van der Waals surface area contributed by atoms with E-state index in [1.165, 1.54) is 18.2 Å². The molecule has 1 heterocycles. The summed E-state index contributed by atoms with van der Waals surface area (Å²) in [5, 5.41) is 0. The molecule has 24 heavy (non-hydrogen) atoms. The molecular weight excluding hydrogens is 307 g/mol. The number of hydrogen-bond acceptors (Lipinski definition) is 3. The predicted molar refractivity (Wildman–Crippen MR) is 91.0 cm³/mol. The Morgan fingerprint density at radius 3 is 2.54 bits per heavy atom. The lowest BCUT2D eigenvalue weighted by Crippen LogP contribution is -2.26. The van der Waals surface area contributed by atoms with Gasteiger partial charge in [0.15, 0.2) is 17.3 Å². The highest BCUT2D eigenvalue weighted by Crippen LogP contribution is 2.34. The molecule has 2 aromatic rings. The van der Waals surface area contributed by atoms with Gasteiger partial charge >= 0.3 is 0 Å². The van der Waals surface area contributed by atoms with Crippen LogP contribution in [0.4, 0.5) is 4.39 Å². The molecule has 1 aliphatic rings. The number of halogens is 1. The Hall–Kier alpha value is -2.62. The van der Waals surface area contributed by atoms with Crippen LogP contribution in [0.2, 0.25) is 0 Å². The molecule has 0 spiro atoms. The lowest BCUT2D eigenvalue weighted by atomic mass is 9.97. The second-order valence-corrected chi connectivity index (χ2v) is 6.62. The first-order valence-corrected chi connectivity index (χ1v) is 7.81. The number of ether oxygens (including phenoxy) is 2. The monoisotopic (exact) mass is 326 g/mol. The van der Waals surface area contributed by atoms with Crippen LogP contribution in [0.25, 0.3) is 6.08 Å². The molecule has 3 nitrogen and oxygen atoms in total. The Morgan fingerprint density at radius 1 is 1.08 bits per heavy atom. The summed E-state index contributed by atoms with van der Waals surface area (Å²) >= 11 is 0. The van der Waals surface area contributed by atoms with Crippen molar-refractivity contribution in [3.63, 3.8) is 0 Å². The maximum absolute atomic E-state index is 13.6. The second-order valence-electron chi connectivity index (χ2n) is 6.62. The van der Waals surface area contributed by atoms with Crippen molar-refractivity contribution >= 4 is 11.9 Å². The topological polar surface area (TPSA) is 35.5 Å². The van der Waals surface area contributed by atoms with Gasteiger partial charge < -0.3 is 9.47 Å². The average Bonchev–Trinajstić information content (AvgIpc) is 2.72. The number of benzene rings is 2. The van der Waals surface area contributed by atoms with Crippen LogP contribution < -0.4 is 9.47 Å². The Bertz CT molecular complexity index is 793. The summed E-state index contributed by atoms with van der Waals surface area (Å²) in [7, 11) is 0. The van der Waals surface area contributed by atoms with Gasteiger partial charge in [-0.3, -0.25) is 4.79 Å². The van der Waals surface area contributed by atoms with Crippen LogP contribution in [0.1, 0.15) is 29.8 Å². The van der Waals surface area contributed by atoms with Crippen LogP contribution in [0, 0.1) is 11.2 Å². The maximum Gasteiger partial charge on any atom is 0.185 e. The van der Waals surface area contributed by atoms with E-state index < -0.39 is 0 Å². The molecule has 0 N–H and O–H groups in total. The zero-order chi connectivity index (χ0) is 17.2. The van der Waals surface area contributed by atoms with Crippen molar-refractivity contribution in [1.82, 2.24) is 0 Å². The van der Waals surface area contributed by atoms with Crippen LogP contribution in [0.5, 0.6) is 11.5 Å². The quantitative estimate of drug-likeness (QED) is 0.614. The SMILES string of the molecule is CC1(C)COc2ccc(C(=O)/C=C/c3ccccc3F)cc2OC1. The van der Waals surface area contributed by atoms with Gasteiger partial charge in [-0.25, -0.2) is 4.39 Å². The third-order valence-electron chi connectivity index (χ3n) is 3.78. The second kappa shape index (κ2) is 6.48. The largest absolute Gasteiger partial charge is 0.489 e. The van der Waals surface area contributed by atoms with Gasteiger partial charge in [-0.2, -0.15) is 0 Å². The van der Waals surface area contributed by atoms with E-state index in [0.717, 1.165) is 0 Å². The molecule has 4 heteroatoms. The molecule has 0 bridgehead atoms. The minimum atomic E-state index is -0.359. The summed E-state index contributed by atoms with van der Waals surface area (Å²) in [5.74, 6) is 0.622. The number of carbonyl (C=O) groups excluding carboxylic acids is 1. The fraction of sp³-hybridized carbons (Fsp3) is 0.250. The minimum absolute atomic E-state index is 0.0894. The maximum atomic E-state index is 13.6. The highest BCUT2D eigenvalue weighted by atomic mass is 19.1. The van der Waals surface area contributed by atoms with Gasteiger partial charge in [-0.1, -0.05) is 32.0 Å². The van der Waals surface area contributed by atoms with Crippen LogP contribution in [0.15, 0.2) is 48.5 Å². The fourth-order valence-corrected chi connectivity index (χ4v) is 2.35. The first kappa shape index (κ1) is 16.2. The smallest absolute Gasteiger partial charge is 0.185 e. The number of fused-ring (bicyclic) bond motifs is 1. The molecule has 0 saturated heterocycles. The standard InChI is InChI=1S/C20H19FO3/c1-20(2)12-23-18-10-8-15(11-19(18)24-13-20)17(22)9-7-14-5-3-4-6-16(14)21/h3-11H,12-13H2,1-2H3/b9-7+. The lowest BCUT2D eigenvalue weighted by molar-refractivity contribution is 0.104. The molecule has 0 unspecified atom stereocenters. The highest BCUT2D eigenvalue weighted by Gasteiger charge is 2.25. The molecule has 0 saturated carbocycles. The Labute approximate surface area is 140 Å². The summed E-state index contributed by atoms with van der Waals surface area (Å²) in [6.45, 7) is 5.19. The number of hydrogen-bond donors (Lipinski definition) is 0. The van der Waals surface area contributed by atoms with Crippen molar-refractivity contribution in [3.8, 4) is 11.5 Å². The molecule has 0 atom stereocenters. The summed E-state index contributed by atoms with van der Waals surface area (Å²) in [5.41, 5.74) is 0.764. The van der Waals surface area contributed by atoms with Gasteiger partial charge in [0.1, 0.15) is 5.82 Å². The summed E-state index contributed by atoms with van der Waals surface area (Å²) in [4.78, 5) is 12.3. The van der Waals surface area contributed by atoms with Gasteiger partial charge in [0.25, 0.3) is 0 Å². The van der Waals surface area contributed by atoms with E-state index in [1.807, 2.05) is 0 Å².